The molecule has 65 heavy (non-hydrogen) atoms. The molecule has 0 unspecified atom stereocenters. The Labute approximate surface area is 365 Å². The number of amides is 9. The Bertz CT molecular complexity index is 3090. The summed E-state index contributed by atoms with van der Waals surface area (Å²) in [5.74, 6) is -2.50. The first-order valence-electron chi connectivity index (χ1n) is 19.6. The highest BCUT2D eigenvalue weighted by atomic mass is 16.5. The Balaban J connectivity index is 0.000000164. The smallest absolute Gasteiger partial charge is 0.335 e. The number of hydrogen-bond donors (Lipinski definition) is 7. The van der Waals surface area contributed by atoms with Gasteiger partial charge < -0.3 is 43.8 Å². The first kappa shape index (κ1) is 41.6. The number of nitrogens with one attached hydrogen (secondary N) is 5. The third kappa shape index (κ3) is 7.04. The zero-order valence-electron chi connectivity index (χ0n) is 34.1. The van der Waals surface area contributed by atoms with E-state index in [-0.39, 0.29) is 60.6 Å². The summed E-state index contributed by atoms with van der Waals surface area (Å²) in [5.41, 5.74) is 1.60. The molecule has 4 aliphatic heterocycles. The number of hydrogen-bond acceptors (Lipinski definition) is 13. The lowest BCUT2D eigenvalue weighted by Gasteiger charge is -2.29. The van der Waals surface area contributed by atoms with Crippen molar-refractivity contribution < 1.29 is 67.0 Å². The van der Waals surface area contributed by atoms with E-state index in [2.05, 4.69) is 21.3 Å². The quantitative estimate of drug-likeness (QED) is 0.0592. The van der Waals surface area contributed by atoms with Gasteiger partial charge in [0.05, 0.1) is 32.9 Å². The van der Waals surface area contributed by atoms with Gasteiger partial charge in [0.15, 0.2) is 11.1 Å². The number of carbonyl (C=O) groups is 8. The number of imide groups is 2. The minimum atomic E-state index is -1.67. The second-order valence-corrected chi connectivity index (χ2v) is 15.5. The van der Waals surface area contributed by atoms with Gasteiger partial charge in [0.2, 0.25) is 0 Å². The monoisotopic (exact) mass is 885 g/mol. The van der Waals surface area contributed by atoms with E-state index >= 15 is 0 Å². The molecule has 0 spiro atoms. The summed E-state index contributed by atoms with van der Waals surface area (Å²) in [5, 5.41) is 28.6. The lowest BCUT2D eigenvalue weighted by molar-refractivity contribution is -0.126. The number of aromatic carboxylic acids is 1. The summed E-state index contributed by atoms with van der Waals surface area (Å²) in [6.07, 6.45) is 0. The third-order valence-electron chi connectivity index (χ3n) is 11.6. The van der Waals surface area contributed by atoms with Crippen LogP contribution in [-0.4, -0.2) is 95.0 Å². The SMILES string of the molecule is COc1ccc2c(c1)C(=O)N(C[C@@]1(c3cc4cc(C(=O)NO)ccc4o3)NC(=O)NC1=O)C2.COc1ccc2c(c1)C(=O)N(C[C@@]1(c3cc4cc(C(=O)O)ccc4o3)NC(=O)NC1=O)C2. The van der Waals surface area contributed by atoms with E-state index in [1.54, 1.807) is 41.9 Å². The number of carbonyl (C=O) groups excluding carboxylic acids is 7. The van der Waals surface area contributed by atoms with Gasteiger partial charge in [-0.2, -0.15) is 0 Å². The van der Waals surface area contributed by atoms with Crippen LogP contribution < -0.4 is 36.2 Å². The second-order valence-electron chi connectivity index (χ2n) is 15.5. The molecule has 2 saturated heterocycles. The fourth-order valence-corrected chi connectivity index (χ4v) is 8.32. The average Bonchev–Trinajstić information content (AvgIpc) is 4.15. The van der Waals surface area contributed by atoms with E-state index in [4.69, 9.17) is 23.5 Å². The van der Waals surface area contributed by atoms with Gasteiger partial charge in [-0.3, -0.25) is 39.8 Å². The van der Waals surface area contributed by atoms with Gasteiger partial charge in [0.25, 0.3) is 29.5 Å². The second kappa shape index (κ2) is 15.6. The van der Waals surface area contributed by atoms with E-state index in [1.807, 2.05) is 0 Å². The predicted octanol–water partition coefficient (Wildman–Crippen LogP) is 3.08. The van der Waals surface area contributed by atoms with Gasteiger partial charge in [0, 0.05) is 40.6 Å². The molecule has 0 bridgehead atoms. The van der Waals surface area contributed by atoms with Crippen LogP contribution >= 0.6 is 0 Å². The van der Waals surface area contributed by atoms with E-state index in [9.17, 15) is 43.5 Å². The summed E-state index contributed by atoms with van der Waals surface area (Å²) in [6.45, 7) is 0.132. The number of urea groups is 2. The molecule has 4 aliphatic rings. The molecule has 6 aromatic rings. The Kier molecular flexibility index (Phi) is 9.97. The number of carboxylic acids is 1. The highest BCUT2D eigenvalue weighted by molar-refractivity contribution is 6.10. The van der Waals surface area contributed by atoms with Crippen molar-refractivity contribution in [2.45, 2.75) is 24.2 Å². The number of ether oxygens (including phenoxy) is 2. The van der Waals surface area contributed by atoms with Crippen LogP contribution in [0.1, 0.15) is 64.1 Å². The molecule has 10 rings (SSSR count). The van der Waals surface area contributed by atoms with Crippen LogP contribution in [0, 0.1) is 0 Å². The zero-order valence-corrected chi connectivity index (χ0v) is 34.1. The Morgan fingerprint density at radius 2 is 1.09 bits per heavy atom. The maximum atomic E-state index is 13.1. The van der Waals surface area contributed by atoms with Crippen molar-refractivity contribution in [2.75, 3.05) is 27.3 Å². The molecular formula is C44H35N7O14. The highest BCUT2D eigenvalue weighted by Crippen LogP contribution is 2.37. The predicted molar refractivity (Wildman–Crippen MR) is 221 cm³/mol. The first-order valence-corrected chi connectivity index (χ1v) is 19.6. The zero-order chi connectivity index (χ0) is 45.9. The van der Waals surface area contributed by atoms with E-state index in [1.165, 1.54) is 72.6 Å². The summed E-state index contributed by atoms with van der Waals surface area (Å²) < 4.78 is 22.1. The van der Waals surface area contributed by atoms with Crippen LogP contribution in [0.3, 0.4) is 0 Å². The summed E-state index contributed by atoms with van der Waals surface area (Å²) in [4.78, 5) is 102. The number of nitrogens with zero attached hydrogens (tertiary/aromatic N) is 2. The Hall–Kier alpha value is -8.72. The highest BCUT2D eigenvalue weighted by Gasteiger charge is 2.54. The third-order valence-corrected chi connectivity index (χ3v) is 11.6. The minimum Gasteiger partial charge on any atom is -0.497 e. The van der Waals surface area contributed by atoms with Crippen molar-refractivity contribution in [1.29, 1.82) is 0 Å². The van der Waals surface area contributed by atoms with Gasteiger partial charge in [-0.05, 0) is 83.9 Å². The molecule has 6 heterocycles. The number of hydroxylamine groups is 1. The molecule has 0 radical (unpaired) electrons. The molecule has 21 nitrogen and oxygen atoms in total. The van der Waals surface area contributed by atoms with Crippen molar-refractivity contribution in [3.63, 3.8) is 0 Å². The van der Waals surface area contributed by atoms with Crippen LogP contribution in [0.4, 0.5) is 9.59 Å². The molecular weight excluding hydrogens is 851 g/mol. The van der Waals surface area contributed by atoms with Gasteiger partial charge in [-0.1, -0.05) is 12.1 Å². The van der Waals surface area contributed by atoms with Crippen LogP contribution in [0.15, 0.2) is 93.8 Å². The summed E-state index contributed by atoms with van der Waals surface area (Å²) in [7, 11) is 3.01. The van der Waals surface area contributed by atoms with Gasteiger partial charge in [0.1, 0.15) is 34.2 Å². The number of rotatable bonds is 10. The van der Waals surface area contributed by atoms with Crippen LogP contribution in [0.2, 0.25) is 0 Å². The number of carboxylic acid groups (broad SMARTS) is 1. The van der Waals surface area contributed by atoms with Crippen molar-refractivity contribution in [3.8, 4) is 11.5 Å². The van der Waals surface area contributed by atoms with Crippen LogP contribution in [0.5, 0.6) is 11.5 Å². The average molecular weight is 886 g/mol. The topological polar surface area (TPSA) is 288 Å². The number of furan rings is 2. The molecule has 0 aliphatic carbocycles. The van der Waals surface area contributed by atoms with E-state index < -0.39 is 46.8 Å². The molecule has 21 heteroatoms. The molecule has 7 N–H and O–H groups in total. The number of fused-ring (bicyclic) bond motifs is 4. The Morgan fingerprint density at radius 1 is 0.646 bits per heavy atom. The van der Waals surface area contributed by atoms with Gasteiger partial charge in [-0.15, -0.1) is 0 Å². The maximum absolute atomic E-state index is 13.1. The fourth-order valence-electron chi connectivity index (χ4n) is 8.32. The van der Waals surface area contributed by atoms with E-state index in [0.717, 1.165) is 11.1 Å². The van der Waals surface area contributed by atoms with Crippen molar-refractivity contribution in [1.82, 2.24) is 36.5 Å². The number of methoxy groups -OCH3 is 2. The largest absolute Gasteiger partial charge is 0.497 e. The first-order chi connectivity index (χ1) is 31.1. The Morgan fingerprint density at radius 3 is 1.49 bits per heavy atom. The van der Waals surface area contributed by atoms with Crippen molar-refractivity contribution in [2.24, 2.45) is 0 Å². The minimum absolute atomic E-state index is 0.0536. The lowest BCUT2D eigenvalue weighted by atomic mass is 9.95. The van der Waals surface area contributed by atoms with Crippen molar-refractivity contribution >= 4 is 69.5 Å². The maximum Gasteiger partial charge on any atom is 0.335 e. The fraction of sp³-hybridized carbons (Fsp3) is 0.182. The molecule has 0 saturated carbocycles. The van der Waals surface area contributed by atoms with E-state index in [0.29, 0.717) is 44.6 Å². The number of benzene rings is 4. The summed E-state index contributed by atoms with van der Waals surface area (Å²) >= 11 is 0. The lowest BCUT2D eigenvalue weighted by Crippen LogP contribution is -2.52. The summed E-state index contributed by atoms with van der Waals surface area (Å²) in [6, 6.07) is 20.6. The molecule has 2 fully saturated rings. The molecule has 4 aromatic carbocycles. The molecule has 2 aromatic heterocycles. The standard InChI is InChI=1S/C22H18N4O7.C22H17N3O7/c1-32-14-4-2-12-9-26(19(28)15(12)8-14)10-22(20(29)23-21(30)24-22)17-7-13-6-11(18(27)25-31)3-5-16(13)33-17;1-31-14-4-2-12-9-25(18(26)15(12)8-14)10-22(20(29)23-21(30)24-22)17-7-13-6-11(19(27)28)3-5-16(13)32-17/h2-8,31H,9-10H2,1H3,(H,25,27)(H2,23,24,29,30);2-8H,9-10H2,1H3,(H,27,28)(H2,23,24,29,30)/t2*22-/m00/s1. The normalized spacial score (nSPS) is 19.6. The molecule has 9 amide bonds. The van der Waals surface area contributed by atoms with Gasteiger partial charge in [-0.25, -0.2) is 19.9 Å². The van der Waals surface area contributed by atoms with Crippen molar-refractivity contribution in [3.05, 3.63) is 130 Å². The molecule has 2 atom stereocenters. The van der Waals surface area contributed by atoms with Gasteiger partial charge >= 0.3 is 18.0 Å². The van der Waals surface area contributed by atoms with Crippen LogP contribution in [0.25, 0.3) is 21.9 Å². The molecule has 330 valence electrons. The van der Waals surface area contributed by atoms with Crippen LogP contribution in [-0.2, 0) is 33.8 Å².